The zero-order valence-corrected chi connectivity index (χ0v) is 10.5. The van der Waals surface area contributed by atoms with E-state index < -0.39 is 21.7 Å². The zero-order valence-electron chi connectivity index (χ0n) is 8.94. The fourth-order valence-corrected chi connectivity index (χ4v) is 2.34. The number of sulfonamides is 1. The van der Waals surface area contributed by atoms with Gasteiger partial charge in [0.2, 0.25) is 10.0 Å². The van der Waals surface area contributed by atoms with Crippen molar-refractivity contribution < 1.29 is 17.9 Å². The number of nitrogens with one attached hydrogen (secondary N) is 1. The van der Waals surface area contributed by atoms with Crippen LogP contribution in [0.2, 0.25) is 5.02 Å². The average Bonchev–Trinajstić information content (AvgIpc) is 2.21. The second-order valence-corrected chi connectivity index (χ2v) is 5.31. The van der Waals surface area contributed by atoms with Crippen LogP contribution in [0.15, 0.2) is 18.2 Å². The molecule has 0 aliphatic carbocycles. The van der Waals surface area contributed by atoms with Crippen molar-refractivity contribution in [3.05, 3.63) is 23.2 Å². The molecule has 0 fully saturated rings. The Hall–Kier alpha value is -1.47. The molecule has 17 heavy (non-hydrogen) atoms. The van der Waals surface area contributed by atoms with Gasteiger partial charge in [0.15, 0.2) is 5.75 Å². The maximum Gasteiger partial charge on any atom is 0.322 e. The molecule has 8 heteroatoms. The van der Waals surface area contributed by atoms with Crippen LogP contribution in [0, 0.1) is 0 Å². The van der Waals surface area contributed by atoms with Crippen molar-refractivity contribution in [3.63, 3.8) is 0 Å². The van der Waals surface area contributed by atoms with E-state index in [2.05, 4.69) is 9.46 Å². The van der Waals surface area contributed by atoms with Gasteiger partial charge in [0.05, 0.1) is 17.8 Å². The van der Waals surface area contributed by atoms with Crippen LogP contribution in [-0.2, 0) is 19.6 Å². The number of anilines is 2. The number of nitrogens with two attached hydrogens (primary N) is 1. The van der Waals surface area contributed by atoms with Crippen LogP contribution in [0.3, 0.4) is 0 Å². The molecule has 0 spiro atoms. The lowest BCUT2D eigenvalue weighted by molar-refractivity contribution is -0.137. The Morgan fingerprint density at radius 1 is 1.53 bits per heavy atom. The first-order chi connectivity index (χ1) is 7.84. The lowest BCUT2D eigenvalue weighted by Gasteiger charge is -2.09. The van der Waals surface area contributed by atoms with Crippen molar-refractivity contribution in [1.82, 2.24) is 0 Å². The maximum absolute atomic E-state index is 11.5. The van der Waals surface area contributed by atoms with Gasteiger partial charge in [-0.25, -0.2) is 8.42 Å². The summed E-state index contributed by atoms with van der Waals surface area (Å²) in [6.07, 6.45) is 0. The predicted octanol–water partition coefficient (Wildman–Crippen LogP) is 0.837. The molecular weight excluding hydrogens is 268 g/mol. The van der Waals surface area contributed by atoms with Crippen molar-refractivity contribution in [2.75, 3.05) is 23.3 Å². The van der Waals surface area contributed by atoms with Crippen LogP contribution in [-0.4, -0.2) is 27.2 Å². The van der Waals surface area contributed by atoms with Crippen molar-refractivity contribution in [1.29, 1.82) is 0 Å². The Morgan fingerprint density at radius 3 is 2.71 bits per heavy atom. The topological polar surface area (TPSA) is 98.5 Å². The van der Waals surface area contributed by atoms with Gasteiger partial charge in [0.25, 0.3) is 0 Å². The number of esters is 1. The highest BCUT2D eigenvalue weighted by molar-refractivity contribution is 7.93. The number of rotatable bonds is 4. The van der Waals surface area contributed by atoms with Gasteiger partial charge in [-0.3, -0.25) is 9.52 Å². The van der Waals surface area contributed by atoms with Crippen molar-refractivity contribution in [2.45, 2.75) is 0 Å². The van der Waals surface area contributed by atoms with Crippen molar-refractivity contribution in [3.8, 4) is 0 Å². The molecule has 0 unspecified atom stereocenters. The summed E-state index contributed by atoms with van der Waals surface area (Å²) >= 11 is 5.78. The fraction of sp³-hybridized carbons (Fsp3) is 0.222. The fourth-order valence-electron chi connectivity index (χ4n) is 1.03. The summed E-state index contributed by atoms with van der Waals surface area (Å²) in [5.41, 5.74) is 6.02. The van der Waals surface area contributed by atoms with E-state index in [1.54, 1.807) is 0 Å². The Morgan fingerprint density at radius 2 is 2.18 bits per heavy atom. The van der Waals surface area contributed by atoms with Crippen LogP contribution in [0.25, 0.3) is 0 Å². The summed E-state index contributed by atoms with van der Waals surface area (Å²) in [7, 11) is -2.73. The van der Waals surface area contributed by atoms with Crippen LogP contribution >= 0.6 is 11.6 Å². The van der Waals surface area contributed by atoms with Gasteiger partial charge in [-0.05, 0) is 18.2 Å². The summed E-state index contributed by atoms with van der Waals surface area (Å²) in [6, 6.07) is 4.30. The molecule has 1 rings (SSSR count). The first-order valence-electron chi connectivity index (χ1n) is 4.46. The van der Waals surface area contributed by atoms with Gasteiger partial charge in [-0.1, -0.05) is 11.6 Å². The number of benzene rings is 1. The number of nitrogen functional groups attached to an aromatic ring is 1. The Bertz CT molecular complexity index is 530. The first-order valence-corrected chi connectivity index (χ1v) is 6.49. The highest BCUT2D eigenvalue weighted by atomic mass is 35.5. The van der Waals surface area contributed by atoms with Crippen LogP contribution < -0.4 is 10.5 Å². The third-order valence-electron chi connectivity index (χ3n) is 1.79. The minimum absolute atomic E-state index is 0.151. The highest BCUT2D eigenvalue weighted by Gasteiger charge is 2.18. The van der Waals surface area contributed by atoms with E-state index in [1.807, 2.05) is 0 Å². The van der Waals surface area contributed by atoms with Gasteiger partial charge >= 0.3 is 5.97 Å². The van der Waals surface area contributed by atoms with Gasteiger partial charge in [-0.2, -0.15) is 0 Å². The van der Waals surface area contributed by atoms with Crippen LogP contribution in [0.1, 0.15) is 0 Å². The van der Waals surface area contributed by atoms with E-state index >= 15 is 0 Å². The molecule has 0 atom stereocenters. The Kier molecular flexibility index (Phi) is 4.19. The summed E-state index contributed by atoms with van der Waals surface area (Å²) in [6.45, 7) is 0. The average molecular weight is 279 g/mol. The smallest absolute Gasteiger partial charge is 0.322 e. The molecule has 0 heterocycles. The largest absolute Gasteiger partial charge is 0.468 e. The van der Waals surface area contributed by atoms with E-state index in [-0.39, 0.29) is 10.7 Å². The summed E-state index contributed by atoms with van der Waals surface area (Å²) in [5, 5.41) is 0.151. The molecule has 6 nitrogen and oxygen atoms in total. The van der Waals surface area contributed by atoms with E-state index in [4.69, 9.17) is 17.3 Å². The number of hydrogen-bond donors (Lipinski definition) is 2. The van der Waals surface area contributed by atoms with Gasteiger partial charge in [-0.15, -0.1) is 0 Å². The van der Waals surface area contributed by atoms with Gasteiger partial charge in [0, 0.05) is 5.69 Å². The molecule has 0 amide bonds. The number of carbonyl (C=O) groups is 1. The van der Waals surface area contributed by atoms with Crippen LogP contribution in [0.4, 0.5) is 11.4 Å². The monoisotopic (exact) mass is 278 g/mol. The number of halogens is 1. The lowest BCUT2D eigenvalue weighted by atomic mass is 10.3. The molecule has 1 aromatic carbocycles. The molecule has 94 valence electrons. The molecule has 0 aliphatic rings. The maximum atomic E-state index is 11.5. The standard InChI is InChI=1S/C9H11ClN2O4S/c1-16-9(13)5-17(14,15)12-8-3-2-6(11)4-7(8)10/h2-4,12H,5,11H2,1H3. The summed E-state index contributed by atoms with van der Waals surface area (Å²) in [5.74, 6) is -1.63. The number of methoxy groups -OCH3 is 1. The van der Waals surface area contributed by atoms with E-state index in [0.29, 0.717) is 5.69 Å². The molecule has 0 bridgehead atoms. The van der Waals surface area contributed by atoms with E-state index in [0.717, 1.165) is 7.11 Å². The summed E-state index contributed by atoms with van der Waals surface area (Å²) < 4.78 is 29.4. The van der Waals surface area contributed by atoms with Crippen molar-refractivity contribution >= 4 is 39.0 Å². The lowest BCUT2D eigenvalue weighted by Crippen LogP contribution is -2.23. The molecular formula is C9H11ClN2O4S. The Balaban J connectivity index is 2.87. The molecule has 0 saturated carbocycles. The van der Waals surface area contributed by atoms with Gasteiger partial charge < -0.3 is 10.5 Å². The predicted molar refractivity (Wildman–Crippen MR) is 65.3 cm³/mol. The third kappa shape index (κ3) is 4.12. The normalized spacial score (nSPS) is 10.9. The number of ether oxygens (including phenoxy) is 1. The highest BCUT2D eigenvalue weighted by Crippen LogP contribution is 2.24. The van der Waals surface area contributed by atoms with Crippen LogP contribution in [0.5, 0.6) is 0 Å². The SMILES string of the molecule is COC(=O)CS(=O)(=O)Nc1ccc(N)cc1Cl. The summed E-state index contributed by atoms with van der Waals surface area (Å²) in [4.78, 5) is 10.9. The van der Waals surface area contributed by atoms with Crippen molar-refractivity contribution in [2.24, 2.45) is 0 Å². The van der Waals surface area contributed by atoms with Gasteiger partial charge in [0.1, 0.15) is 0 Å². The minimum Gasteiger partial charge on any atom is -0.468 e. The first kappa shape index (κ1) is 13.6. The molecule has 0 saturated heterocycles. The molecule has 0 radical (unpaired) electrons. The second kappa shape index (κ2) is 5.24. The number of carbonyl (C=O) groups excluding carboxylic acids is 1. The molecule has 1 aromatic rings. The molecule has 0 aliphatic heterocycles. The molecule has 3 N–H and O–H groups in total. The minimum atomic E-state index is -3.83. The third-order valence-corrected chi connectivity index (χ3v) is 3.25. The second-order valence-electron chi connectivity index (χ2n) is 3.18. The quantitative estimate of drug-likeness (QED) is 0.628. The zero-order chi connectivity index (χ0) is 13.1. The van der Waals surface area contributed by atoms with E-state index in [9.17, 15) is 13.2 Å². The van der Waals surface area contributed by atoms with E-state index in [1.165, 1.54) is 18.2 Å². The number of hydrogen-bond acceptors (Lipinski definition) is 5. The molecule has 0 aromatic heterocycles. The Labute approximate surface area is 104 Å².